The van der Waals surface area contributed by atoms with E-state index in [0.29, 0.717) is 6.61 Å². The smallest absolute Gasteiger partial charge is 0.400 e. The quantitative estimate of drug-likeness (QED) is 0.116. The van der Waals surface area contributed by atoms with Crippen LogP contribution >= 0.6 is 0 Å². The van der Waals surface area contributed by atoms with Gasteiger partial charge in [-0.05, 0) is 18.9 Å². The van der Waals surface area contributed by atoms with Gasteiger partial charge in [0.1, 0.15) is 0 Å². The molecule has 0 bridgehead atoms. The molecule has 1 unspecified atom stereocenters. The standard InChI is InChI=1S/C24H54O5Si2/c1-5-6-7-8-9-12-15-18-21-24-31(27-3,28-4)29-30(26-2)23-20-17-14-11-10-13-16-19-22-25/h25,30H,5-24H2,1-4H3. The third-order valence-electron chi connectivity index (χ3n) is 6.13. The molecule has 0 aromatic carbocycles. The van der Waals surface area contributed by atoms with Crippen molar-refractivity contribution >= 4 is 18.1 Å². The third-order valence-corrected chi connectivity index (χ3v) is 12.2. The molecule has 7 heteroatoms. The normalized spacial score (nSPS) is 13.1. The number of hydrogen-bond acceptors (Lipinski definition) is 5. The molecule has 31 heavy (non-hydrogen) atoms. The second-order valence-corrected chi connectivity index (χ2v) is 14.3. The second kappa shape index (κ2) is 23.4. The fourth-order valence-electron chi connectivity index (χ4n) is 4.00. The average Bonchev–Trinajstić information content (AvgIpc) is 2.80. The van der Waals surface area contributed by atoms with Crippen molar-refractivity contribution in [2.24, 2.45) is 0 Å². The van der Waals surface area contributed by atoms with Gasteiger partial charge >= 0.3 is 18.1 Å². The number of aliphatic hydroxyl groups excluding tert-OH is 1. The van der Waals surface area contributed by atoms with Crippen molar-refractivity contribution < 1.29 is 22.5 Å². The minimum Gasteiger partial charge on any atom is -0.400 e. The fourth-order valence-corrected chi connectivity index (χ4v) is 9.82. The number of rotatable bonds is 25. The zero-order valence-electron chi connectivity index (χ0n) is 21.3. The van der Waals surface area contributed by atoms with Crippen LogP contribution < -0.4 is 0 Å². The summed E-state index contributed by atoms with van der Waals surface area (Å²) in [6.07, 6.45) is 21.4. The summed E-state index contributed by atoms with van der Waals surface area (Å²) in [6, 6.07) is 1.93. The fraction of sp³-hybridized carbons (Fsp3) is 1.00. The van der Waals surface area contributed by atoms with Crippen LogP contribution in [0.15, 0.2) is 0 Å². The molecule has 0 rings (SSSR count). The average molecular weight is 479 g/mol. The maximum absolute atomic E-state index is 8.81. The summed E-state index contributed by atoms with van der Waals surface area (Å²) in [7, 11) is 0.917. The van der Waals surface area contributed by atoms with Crippen LogP contribution in [0.1, 0.15) is 116 Å². The number of unbranched alkanes of at least 4 members (excludes halogenated alkanes) is 15. The Labute approximate surface area is 196 Å². The first-order chi connectivity index (χ1) is 15.2. The summed E-state index contributed by atoms with van der Waals surface area (Å²) in [5, 5.41) is 8.81. The maximum Gasteiger partial charge on any atom is 0.491 e. The van der Waals surface area contributed by atoms with E-state index in [1.165, 1.54) is 83.5 Å². The lowest BCUT2D eigenvalue weighted by molar-refractivity contribution is 0.142. The van der Waals surface area contributed by atoms with Gasteiger partial charge in [-0.25, -0.2) is 0 Å². The van der Waals surface area contributed by atoms with Gasteiger partial charge in [-0.1, -0.05) is 103 Å². The number of hydrogen-bond donors (Lipinski definition) is 1. The molecule has 0 aromatic rings. The predicted molar refractivity (Wildman–Crippen MR) is 136 cm³/mol. The van der Waals surface area contributed by atoms with Gasteiger partial charge in [0.05, 0.1) is 0 Å². The summed E-state index contributed by atoms with van der Waals surface area (Å²) in [4.78, 5) is 0. The van der Waals surface area contributed by atoms with Gasteiger partial charge in [0.15, 0.2) is 0 Å². The van der Waals surface area contributed by atoms with Gasteiger partial charge in [-0.3, -0.25) is 0 Å². The van der Waals surface area contributed by atoms with E-state index in [1.54, 1.807) is 21.3 Å². The Morgan fingerprint density at radius 2 is 1.06 bits per heavy atom. The van der Waals surface area contributed by atoms with Crippen LogP contribution in [-0.2, 0) is 17.4 Å². The molecule has 1 atom stereocenters. The molecule has 0 aliphatic carbocycles. The molecule has 0 saturated carbocycles. The molecular formula is C24H54O5Si2. The zero-order valence-corrected chi connectivity index (χ0v) is 23.5. The Kier molecular flexibility index (Phi) is 23.6. The van der Waals surface area contributed by atoms with Crippen molar-refractivity contribution in [2.45, 2.75) is 128 Å². The Morgan fingerprint density at radius 3 is 1.52 bits per heavy atom. The lowest BCUT2D eigenvalue weighted by Gasteiger charge is -2.30. The molecule has 0 saturated heterocycles. The van der Waals surface area contributed by atoms with E-state index in [2.05, 4.69) is 6.92 Å². The van der Waals surface area contributed by atoms with Crippen molar-refractivity contribution in [1.29, 1.82) is 0 Å². The van der Waals surface area contributed by atoms with E-state index < -0.39 is 18.1 Å². The van der Waals surface area contributed by atoms with E-state index in [4.69, 9.17) is 22.5 Å². The monoisotopic (exact) mass is 478 g/mol. The molecule has 0 aliphatic heterocycles. The van der Waals surface area contributed by atoms with Crippen molar-refractivity contribution in [3.05, 3.63) is 0 Å². The molecule has 188 valence electrons. The predicted octanol–water partition coefficient (Wildman–Crippen LogP) is 6.75. The highest BCUT2D eigenvalue weighted by Gasteiger charge is 2.41. The van der Waals surface area contributed by atoms with Crippen LogP contribution in [0.3, 0.4) is 0 Å². The molecule has 0 spiro atoms. The van der Waals surface area contributed by atoms with E-state index in [9.17, 15) is 0 Å². The summed E-state index contributed by atoms with van der Waals surface area (Å²) in [5.41, 5.74) is 0. The highest BCUT2D eigenvalue weighted by Crippen LogP contribution is 2.22. The Bertz CT molecular complexity index is 357. The lowest BCUT2D eigenvalue weighted by atomic mass is 10.1. The Morgan fingerprint density at radius 1 is 0.613 bits per heavy atom. The summed E-state index contributed by atoms with van der Waals surface area (Å²) in [6.45, 7) is 2.60. The Balaban J connectivity index is 3.98. The highest BCUT2D eigenvalue weighted by atomic mass is 28.4. The van der Waals surface area contributed by atoms with E-state index in [-0.39, 0.29) is 0 Å². The molecular weight excluding hydrogens is 424 g/mol. The van der Waals surface area contributed by atoms with Crippen molar-refractivity contribution in [1.82, 2.24) is 0 Å². The molecule has 0 amide bonds. The summed E-state index contributed by atoms with van der Waals surface area (Å²) in [5.74, 6) is 0. The van der Waals surface area contributed by atoms with E-state index >= 15 is 0 Å². The lowest BCUT2D eigenvalue weighted by Crippen LogP contribution is -2.48. The molecule has 1 N–H and O–H groups in total. The van der Waals surface area contributed by atoms with Crippen molar-refractivity contribution in [3.63, 3.8) is 0 Å². The minimum absolute atomic E-state index is 0.329. The first kappa shape index (κ1) is 31.2. The van der Waals surface area contributed by atoms with E-state index in [1.807, 2.05) is 0 Å². The summed E-state index contributed by atoms with van der Waals surface area (Å²) < 4.78 is 23.8. The minimum atomic E-state index is -2.59. The van der Waals surface area contributed by atoms with Gasteiger partial charge in [0.2, 0.25) is 0 Å². The van der Waals surface area contributed by atoms with Crippen molar-refractivity contribution in [3.8, 4) is 0 Å². The van der Waals surface area contributed by atoms with Gasteiger partial charge in [0.25, 0.3) is 0 Å². The van der Waals surface area contributed by atoms with Crippen LogP contribution in [0.5, 0.6) is 0 Å². The molecule has 0 aromatic heterocycles. The van der Waals surface area contributed by atoms with Gasteiger partial charge in [-0.2, -0.15) is 0 Å². The first-order valence-corrected chi connectivity index (χ1v) is 16.8. The highest BCUT2D eigenvalue weighted by molar-refractivity contribution is 6.69. The van der Waals surface area contributed by atoms with Gasteiger partial charge in [0, 0.05) is 34.0 Å². The van der Waals surface area contributed by atoms with Gasteiger partial charge < -0.3 is 22.5 Å². The van der Waals surface area contributed by atoms with Crippen LogP contribution in [-0.4, -0.2) is 51.1 Å². The zero-order chi connectivity index (χ0) is 23.0. The van der Waals surface area contributed by atoms with Crippen LogP contribution in [0.2, 0.25) is 12.1 Å². The number of aliphatic hydroxyl groups is 1. The third kappa shape index (κ3) is 18.4. The van der Waals surface area contributed by atoms with Crippen LogP contribution in [0, 0.1) is 0 Å². The molecule has 0 aliphatic rings. The summed E-state index contributed by atoms with van der Waals surface area (Å²) >= 11 is 0. The largest absolute Gasteiger partial charge is 0.491 e. The van der Waals surface area contributed by atoms with E-state index in [0.717, 1.165) is 37.8 Å². The molecule has 0 heterocycles. The second-order valence-electron chi connectivity index (χ2n) is 8.79. The SMILES string of the molecule is CCCCCCCCCCC[Si](OC)(OC)O[SiH](CCCCCCCCCCO)OC. The van der Waals surface area contributed by atoms with Crippen LogP contribution in [0.4, 0.5) is 0 Å². The Hall–Kier alpha value is 0.234. The van der Waals surface area contributed by atoms with Crippen molar-refractivity contribution in [2.75, 3.05) is 27.9 Å². The van der Waals surface area contributed by atoms with Gasteiger partial charge in [-0.15, -0.1) is 0 Å². The molecule has 5 nitrogen and oxygen atoms in total. The first-order valence-electron chi connectivity index (χ1n) is 13.1. The molecule has 0 fully saturated rings. The van der Waals surface area contributed by atoms with Crippen LogP contribution in [0.25, 0.3) is 0 Å². The maximum atomic E-state index is 8.81. The topological polar surface area (TPSA) is 57.2 Å². The molecule has 0 radical (unpaired) electrons.